The first kappa shape index (κ1) is 19.2. The van der Waals surface area contributed by atoms with Crippen LogP contribution >= 0.6 is 0 Å². The molecule has 0 aliphatic rings. The van der Waals surface area contributed by atoms with E-state index in [0.29, 0.717) is 10.8 Å². The highest BCUT2D eigenvalue weighted by Gasteiger charge is 2.27. The van der Waals surface area contributed by atoms with E-state index >= 15 is 0 Å². The fourth-order valence-corrected chi connectivity index (χ4v) is 2.36. The molecule has 140 valence electrons. The highest BCUT2D eigenvalue weighted by atomic mass is 16.7. The standard InChI is InChI=1S/C18H20O8/c1-5-23-17(19)25-13-11-9-7-8-10-12(11)14(26-18(20)24-6-2)16(22-4)15(13)21-3/h7-10H,5-6H2,1-4H3. The van der Waals surface area contributed by atoms with Crippen molar-refractivity contribution in [3.8, 4) is 23.0 Å². The molecular weight excluding hydrogens is 344 g/mol. The molecule has 2 rings (SSSR count). The number of benzene rings is 2. The summed E-state index contributed by atoms with van der Waals surface area (Å²) in [5.74, 6) is 0.348. The van der Waals surface area contributed by atoms with E-state index in [9.17, 15) is 9.59 Å². The fourth-order valence-electron chi connectivity index (χ4n) is 2.36. The lowest BCUT2D eigenvalue weighted by molar-refractivity contribution is 0.100. The molecule has 0 aliphatic carbocycles. The average Bonchev–Trinajstić information content (AvgIpc) is 2.63. The molecule has 0 unspecified atom stereocenters. The van der Waals surface area contributed by atoms with Crippen LogP contribution in [0.25, 0.3) is 10.8 Å². The van der Waals surface area contributed by atoms with Gasteiger partial charge in [0.2, 0.25) is 11.5 Å². The summed E-state index contributed by atoms with van der Waals surface area (Å²) in [4.78, 5) is 23.7. The second kappa shape index (κ2) is 8.80. The third-order valence-corrected chi connectivity index (χ3v) is 3.34. The number of fused-ring (bicyclic) bond motifs is 1. The topological polar surface area (TPSA) is 89.5 Å². The summed E-state index contributed by atoms with van der Waals surface area (Å²) in [6.07, 6.45) is -1.78. The van der Waals surface area contributed by atoms with Crippen molar-refractivity contribution < 1.29 is 38.0 Å². The fraction of sp³-hybridized carbons (Fsp3) is 0.333. The first-order valence-corrected chi connectivity index (χ1v) is 7.93. The monoisotopic (exact) mass is 364 g/mol. The van der Waals surface area contributed by atoms with Gasteiger partial charge in [0.15, 0.2) is 11.5 Å². The molecule has 0 aromatic heterocycles. The van der Waals surface area contributed by atoms with Crippen molar-refractivity contribution in [1.82, 2.24) is 0 Å². The Morgan fingerprint density at radius 1 is 0.731 bits per heavy atom. The molecule has 8 heteroatoms. The van der Waals surface area contributed by atoms with Crippen molar-refractivity contribution in [3.63, 3.8) is 0 Å². The summed E-state index contributed by atoms with van der Waals surface area (Å²) in [6, 6.07) is 6.84. The van der Waals surface area contributed by atoms with E-state index in [1.165, 1.54) is 14.2 Å². The van der Waals surface area contributed by atoms with Gasteiger partial charge in [-0.1, -0.05) is 24.3 Å². The largest absolute Gasteiger partial charge is 0.513 e. The number of methoxy groups -OCH3 is 2. The second-order valence-corrected chi connectivity index (χ2v) is 4.84. The molecule has 0 saturated carbocycles. The van der Waals surface area contributed by atoms with Gasteiger partial charge in [-0.15, -0.1) is 0 Å². The van der Waals surface area contributed by atoms with E-state index in [1.807, 2.05) is 0 Å². The van der Waals surface area contributed by atoms with Crippen LogP contribution in [0.4, 0.5) is 9.59 Å². The Balaban J connectivity index is 2.69. The maximum atomic E-state index is 11.8. The van der Waals surface area contributed by atoms with Crippen LogP contribution in [0.2, 0.25) is 0 Å². The Bertz CT molecular complexity index is 733. The van der Waals surface area contributed by atoms with Crippen molar-refractivity contribution in [2.24, 2.45) is 0 Å². The first-order chi connectivity index (χ1) is 12.6. The van der Waals surface area contributed by atoms with E-state index in [0.717, 1.165) is 0 Å². The Morgan fingerprint density at radius 3 is 1.42 bits per heavy atom. The minimum atomic E-state index is -0.892. The molecular formula is C18H20O8. The van der Waals surface area contributed by atoms with Gasteiger partial charge in [-0.05, 0) is 13.8 Å². The van der Waals surface area contributed by atoms with Gasteiger partial charge in [-0.25, -0.2) is 9.59 Å². The summed E-state index contributed by atoms with van der Waals surface area (Å²) in [5, 5.41) is 0.940. The third kappa shape index (κ3) is 3.90. The maximum Gasteiger partial charge on any atom is 0.513 e. The van der Waals surface area contributed by atoms with Crippen LogP contribution in [0.5, 0.6) is 23.0 Å². The van der Waals surface area contributed by atoms with Gasteiger partial charge in [0, 0.05) is 10.8 Å². The van der Waals surface area contributed by atoms with E-state index in [4.69, 9.17) is 28.4 Å². The van der Waals surface area contributed by atoms with Gasteiger partial charge in [0.05, 0.1) is 27.4 Å². The van der Waals surface area contributed by atoms with Crippen molar-refractivity contribution >= 4 is 23.1 Å². The molecule has 2 aromatic rings. The van der Waals surface area contributed by atoms with Crippen molar-refractivity contribution in [1.29, 1.82) is 0 Å². The van der Waals surface area contributed by atoms with Crippen molar-refractivity contribution in [2.75, 3.05) is 27.4 Å². The Kier molecular flexibility index (Phi) is 6.48. The van der Waals surface area contributed by atoms with E-state index in [-0.39, 0.29) is 36.2 Å². The zero-order chi connectivity index (χ0) is 19.1. The van der Waals surface area contributed by atoms with Crippen molar-refractivity contribution in [2.45, 2.75) is 13.8 Å². The van der Waals surface area contributed by atoms with E-state index < -0.39 is 12.3 Å². The molecule has 0 fully saturated rings. The molecule has 0 bridgehead atoms. The predicted molar refractivity (Wildman–Crippen MR) is 92.4 cm³/mol. The number of hydrogen-bond donors (Lipinski definition) is 0. The second-order valence-electron chi connectivity index (χ2n) is 4.84. The minimum absolute atomic E-state index is 0.0820. The summed E-state index contributed by atoms with van der Waals surface area (Å²) in [7, 11) is 2.75. The normalized spacial score (nSPS) is 10.2. The molecule has 8 nitrogen and oxygen atoms in total. The zero-order valence-electron chi connectivity index (χ0n) is 15.0. The summed E-state index contributed by atoms with van der Waals surface area (Å²) in [5.41, 5.74) is 0. The predicted octanol–water partition coefficient (Wildman–Crippen LogP) is 3.93. The molecule has 0 radical (unpaired) electrons. The van der Waals surface area contributed by atoms with Gasteiger partial charge in [0.1, 0.15) is 0 Å². The Hall–Kier alpha value is -3.16. The summed E-state index contributed by atoms with van der Waals surface area (Å²) in [6.45, 7) is 3.63. The highest BCUT2D eigenvalue weighted by Crippen LogP contribution is 2.51. The first-order valence-electron chi connectivity index (χ1n) is 7.93. The number of carbonyl (C=O) groups is 2. The van der Waals surface area contributed by atoms with Crippen LogP contribution in [0.3, 0.4) is 0 Å². The minimum Gasteiger partial charge on any atom is -0.490 e. The lowest BCUT2D eigenvalue weighted by atomic mass is 10.1. The Morgan fingerprint density at radius 2 is 1.12 bits per heavy atom. The van der Waals surface area contributed by atoms with Gasteiger partial charge in [-0.2, -0.15) is 0 Å². The summed E-state index contributed by atoms with van der Waals surface area (Å²) >= 11 is 0. The molecule has 0 atom stereocenters. The average molecular weight is 364 g/mol. The van der Waals surface area contributed by atoms with Crippen LogP contribution in [-0.4, -0.2) is 39.7 Å². The van der Waals surface area contributed by atoms with Crippen LogP contribution in [0.15, 0.2) is 24.3 Å². The van der Waals surface area contributed by atoms with Crippen LogP contribution < -0.4 is 18.9 Å². The SMILES string of the molecule is CCOC(=O)Oc1c(OC)c(OC)c(OC(=O)OCC)c2ccccc12. The van der Waals surface area contributed by atoms with Gasteiger partial charge >= 0.3 is 12.3 Å². The molecule has 0 N–H and O–H groups in total. The van der Waals surface area contributed by atoms with Gasteiger partial charge < -0.3 is 28.4 Å². The van der Waals surface area contributed by atoms with Gasteiger partial charge in [-0.3, -0.25) is 0 Å². The number of hydrogen-bond acceptors (Lipinski definition) is 8. The molecule has 0 spiro atoms. The number of carbonyl (C=O) groups excluding carboxylic acids is 2. The number of ether oxygens (including phenoxy) is 6. The van der Waals surface area contributed by atoms with Crippen LogP contribution in [0, 0.1) is 0 Å². The lowest BCUT2D eigenvalue weighted by Gasteiger charge is -2.18. The quantitative estimate of drug-likeness (QED) is 0.563. The molecule has 0 aliphatic heterocycles. The molecule has 2 aromatic carbocycles. The highest BCUT2D eigenvalue weighted by molar-refractivity contribution is 6.00. The smallest absolute Gasteiger partial charge is 0.490 e. The Labute approximate surface area is 150 Å². The van der Waals surface area contributed by atoms with Crippen LogP contribution in [0.1, 0.15) is 13.8 Å². The third-order valence-electron chi connectivity index (χ3n) is 3.34. The van der Waals surface area contributed by atoms with E-state index in [1.54, 1.807) is 38.1 Å². The molecule has 0 heterocycles. The molecule has 0 amide bonds. The van der Waals surface area contributed by atoms with Crippen LogP contribution in [-0.2, 0) is 9.47 Å². The maximum absolute atomic E-state index is 11.8. The molecule has 26 heavy (non-hydrogen) atoms. The van der Waals surface area contributed by atoms with Crippen molar-refractivity contribution in [3.05, 3.63) is 24.3 Å². The van der Waals surface area contributed by atoms with Gasteiger partial charge in [0.25, 0.3) is 0 Å². The molecule has 0 saturated heterocycles. The zero-order valence-corrected chi connectivity index (χ0v) is 15.0. The number of rotatable bonds is 6. The summed E-state index contributed by atoms with van der Waals surface area (Å²) < 4.78 is 31.0. The lowest BCUT2D eigenvalue weighted by Crippen LogP contribution is -2.14. The van der Waals surface area contributed by atoms with E-state index in [2.05, 4.69) is 0 Å².